The second-order valence-corrected chi connectivity index (χ2v) is 7.83. The molecule has 128 valence electrons. The molecule has 4 rings (SSSR count). The fraction of sp³-hybridized carbons (Fsp3) is 0.556. The van der Waals surface area contributed by atoms with E-state index in [1.807, 2.05) is 13.3 Å². The fourth-order valence-corrected chi connectivity index (χ4v) is 4.14. The monoisotopic (exact) mass is 344 g/mol. The molecule has 1 fully saturated rings. The molecule has 1 N–H and O–H groups in total. The molecule has 1 unspecified atom stereocenters. The SMILES string of the molecule is CC(C(=O)NCCc1cccs1)N1CCc2c(ncn2C2CC2)C1. The zero-order valence-electron chi connectivity index (χ0n) is 14.1. The lowest BCUT2D eigenvalue weighted by molar-refractivity contribution is -0.126. The second-order valence-electron chi connectivity index (χ2n) is 6.79. The zero-order valence-corrected chi connectivity index (χ0v) is 14.9. The number of rotatable bonds is 6. The van der Waals surface area contributed by atoms with Crippen LogP contribution in [0, 0.1) is 0 Å². The predicted octanol–water partition coefficient (Wildman–Crippen LogP) is 2.39. The minimum Gasteiger partial charge on any atom is -0.354 e. The summed E-state index contributed by atoms with van der Waals surface area (Å²) in [6.07, 6.45) is 6.48. The van der Waals surface area contributed by atoms with Crippen LogP contribution >= 0.6 is 11.3 Å². The van der Waals surface area contributed by atoms with E-state index in [1.54, 1.807) is 11.3 Å². The van der Waals surface area contributed by atoms with E-state index in [-0.39, 0.29) is 11.9 Å². The molecular weight excluding hydrogens is 320 g/mol. The molecule has 2 aliphatic rings. The lowest BCUT2D eigenvalue weighted by atomic mass is 10.1. The summed E-state index contributed by atoms with van der Waals surface area (Å²) in [6, 6.07) is 4.75. The van der Waals surface area contributed by atoms with Gasteiger partial charge in [-0.2, -0.15) is 0 Å². The van der Waals surface area contributed by atoms with E-state index in [2.05, 4.69) is 37.3 Å². The van der Waals surface area contributed by atoms with Gasteiger partial charge in [-0.3, -0.25) is 9.69 Å². The Morgan fingerprint density at radius 3 is 3.12 bits per heavy atom. The maximum absolute atomic E-state index is 12.4. The van der Waals surface area contributed by atoms with Crippen LogP contribution in [0.15, 0.2) is 23.8 Å². The third-order valence-corrected chi connectivity index (χ3v) is 6.03. The number of hydrogen-bond donors (Lipinski definition) is 1. The van der Waals surface area contributed by atoms with E-state index in [0.717, 1.165) is 31.6 Å². The molecule has 24 heavy (non-hydrogen) atoms. The Hall–Kier alpha value is -1.66. The fourth-order valence-electron chi connectivity index (χ4n) is 3.43. The number of amides is 1. The van der Waals surface area contributed by atoms with Crippen molar-refractivity contribution in [1.82, 2.24) is 19.8 Å². The molecule has 0 bridgehead atoms. The van der Waals surface area contributed by atoms with Gasteiger partial charge in [-0.1, -0.05) is 6.07 Å². The summed E-state index contributed by atoms with van der Waals surface area (Å²) in [5.74, 6) is 0.122. The van der Waals surface area contributed by atoms with Gasteiger partial charge in [0, 0.05) is 42.7 Å². The van der Waals surface area contributed by atoms with Crippen molar-refractivity contribution < 1.29 is 4.79 Å². The molecular formula is C18H24N4OS. The maximum Gasteiger partial charge on any atom is 0.237 e. The molecule has 2 aromatic heterocycles. The van der Waals surface area contributed by atoms with Crippen LogP contribution in [0.3, 0.4) is 0 Å². The number of carbonyl (C=O) groups is 1. The van der Waals surface area contributed by atoms with Crippen LogP contribution in [0.25, 0.3) is 0 Å². The Labute approximate surface area is 146 Å². The van der Waals surface area contributed by atoms with E-state index in [4.69, 9.17) is 0 Å². The van der Waals surface area contributed by atoms with Gasteiger partial charge in [0.15, 0.2) is 0 Å². The van der Waals surface area contributed by atoms with E-state index in [0.29, 0.717) is 12.6 Å². The Kier molecular flexibility index (Phi) is 4.41. The highest BCUT2D eigenvalue weighted by Gasteiger charge is 2.31. The number of nitrogens with one attached hydrogen (secondary N) is 1. The zero-order chi connectivity index (χ0) is 16.5. The van der Waals surface area contributed by atoms with Crippen LogP contribution < -0.4 is 5.32 Å². The second kappa shape index (κ2) is 6.69. The van der Waals surface area contributed by atoms with Crippen LogP contribution in [0.2, 0.25) is 0 Å². The summed E-state index contributed by atoms with van der Waals surface area (Å²) in [5.41, 5.74) is 2.55. The molecule has 1 aliphatic heterocycles. The van der Waals surface area contributed by atoms with Gasteiger partial charge in [-0.05, 0) is 37.6 Å². The third kappa shape index (κ3) is 3.26. The van der Waals surface area contributed by atoms with Crippen molar-refractivity contribution in [2.24, 2.45) is 0 Å². The first-order valence-electron chi connectivity index (χ1n) is 8.81. The van der Waals surface area contributed by atoms with Gasteiger partial charge in [0.2, 0.25) is 5.91 Å². The van der Waals surface area contributed by atoms with Crippen LogP contribution in [0.4, 0.5) is 0 Å². The number of thiophene rings is 1. The number of carbonyl (C=O) groups excluding carboxylic acids is 1. The lowest BCUT2D eigenvalue weighted by Gasteiger charge is -2.31. The molecule has 6 heteroatoms. The number of nitrogens with zero attached hydrogens (tertiary/aromatic N) is 3. The lowest BCUT2D eigenvalue weighted by Crippen LogP contribution is -2.47. The van der Waals surface area contributed by atoms with Crippen LogP contribution in [0.1, 0.15) is 42.1 Å². The molecule has 1 saturated carbocycles. The summed E-state index contributed by atoms with van der Waals surface area (Å²) in [5, 5.41) is 5.15. The molecule has 1 amide bonds. The standard InChI is InChI=1S/C18H24N4OS/c1-13(18(23)19-8-6-15-3-2-10-24-15)21-9-7-17-16(11-21)20-12-22(17)14-4-5-14/h2-3,10,12-14H,4-9,11H2,1H3,(H,19,23). The normalized spacial score (nSPS) is 19.0. The Balaban J connectivity index is 1.31. The summed E-state index contributed by atoms with van der Waals surface area (Å²) >= 11 is 1.74. The number of aromatic nitrogens is 2. The minimum atomic E-state index is -0.104. The molecule has 0 saturated heterocycles. The van der Waals surface area contributed by atoms with E-state index >= 15 is 0 Å². The molecule has 1 atom stereocenters. The first-order valence-corrected chi connectivity index (χ1v) is 9.69. The Bertz CT molecular complexity index is 705. The Morgan fingerprint density at radius 1 is 1.50 bits per heavy atom. The molecule has 1 aliphatic carbocycles. The van der Waals surface area contributed by atoms with Crippen LogP contribution in [-0.2, 0) is 24.2 Å². The highest BCUT2D eigenvalue weighted by molar-refractivity contribution is 7.09. The average molecular weight is 344 g/mol. The van der Waals surface area contributed by atoms with E-state index in [1.165, 1.54) is 23.4 Å². The minimum absolute atomic E-state index is 0.104. The third-order valence-electron chi connectivity index (χ3n) is 5.09. The van der Waals surface area contributed by atoms with Crippen molar-refractivity contribution in [3.8, 4) is 0 Å². The number of hydrogen-bond acceptors (Lipinski definition) is 4. The van der Waals surface area contributed by atoms with Gasteiger partial charge in [0.25, 0.3) is 0 Å². The molecule has 2 aromatic rings. The van der Waals surface area contributed by atoms with Crippen molar-refractivity contribution in [3.05, 3.63) is 40.1 Å². The van der Waals surface area contributed by atoms with Gasteiger partial charge in [-0.15, -0.1) is 11.3 Å². The van der Waals surface area contributed by atoms with Crippen molar-refractivity contribution >= 4 is 17.2 Å². The average Bonchev–Trinajstić information content (AvgIpc) is 3.14. The molecule has 5 nitrogen and oxygen atoms in total. The van der Waals surface area contributed by atoms with Crippen molar-refractivity contribution in [2.45, 2.75) is 51.2 Å². The highest BCUT2D eigenvalue weighted by Crippen LogP contribution is 2.37. The van der Waals surface area contributed by atoms with Crippen molar-refractivity contribution in [1.29, 1.82) is 0 Å². The van der Waals surface area contributed by atoms with Crippen LogP contribution in [-0.4, -0.2) is 39.5 Å². The highest BCUT2D eigenvalue weighted by atomic mass is 32.1. The first kappa shape index (κ1) is 15.8. The molecule has 0 spiro atoms. The first-order chi connectivity index (χ1) is 11.7. The summed E-state index contributed by atoms with van der Waals surface area (Å²) < 4.78 is 2.36. The summed E-state index contributed by atoms with van der Waals surface area (Å²) in [6.45, 7) is 4.43. The maximum atomic E-state index is 12.4. The topological polar surface area (TPSA) is 50.2 Å². The van der Waals surface area contributed by atoms with Crippen molar-refractivity contribution in [2.75, 3.05) is 13.1 Å². The van der Waals surface area contributed by atoms with Gasteiger partial charge < -0.3 is 9.88 Å². The smallest absolute Gasteiger partial charge is 0.237 e. The predicted molar refractivity (Wildman–Crippen MR) is 95.1 cm³/mol. The quantitative estimate of drug-likeness (QED) is 0.875. The Morgan fingerprint density at radius 2 is 2.38 bits per heavy atom. The van der Waals surface area contributed by atoms with E-state index < -0.39 is 0 Å². The van der Waals surface area contributed by atoms with E-state index in [9.17, 15) is 4.79 Å². The largest absolute Gasteiger partial charge is 0.354 e. The number of fused-ring (bicyclic) bond motifs is 1. The summed E-state index contributed by atoms with van der Waals surface area (Å²) in [4.78, 5) is 20.6. The molecule has 3 heterocycles. The van der Waals surface area contributed by atoms with Crippen molar-refractivity contribution in [3.63, 3.8) is 0 Å². The van der Waals surface area contributed by atoms with Gasteiger partial charge in [0.05, 0.1) is 18.1 Å². The van der Waals surface area contributed by atoms with Gasteiger partial charge in [0.1, 0.15) is 0 Å². The van der Waals surface area contributed by atoms with Gasteiger partial charge >= 0.3 is 0 Å². The molecule has 0 radical (unpaired) electrons. The number of imidazole rings is 1. The van der Waals surface area contributed by atoms with Crippen LogP contribution in [0.5, 0.6) is 0 Å². The van der Waals surface area contributed by atoms with Gasteiger partial charge in [-0.25, -0.2) is 4.98 Å². The summed E-state index contributed by atoms with van der Waals surface area (Å²) in [7, 11) is 0. The molecule has 0 aromatic carbocycles.